The molecule has 0 radical (unpaired) electrons. The summed E-state index contributed by atoms with van der Waals surface area (Å²) in [5, 5.41) is 10.5. The van der Waals surface area contributed by atoms with Gasteiger partial charge in [-0.2, -0.15) is 0 Å². The number of nitro groups is 1. The van der Waals surface area contributed by atoms with Crippen molar-refractivity contribution in [1.82, 2.24) is 0 Å². The lowest BCUT2D eigenvalue weighted by Crippen LogP contribution is -1.97. The molecule has 0 N–H and O–H groups in total. The molecule has 15 heavy (non-hydrogen) atoms. The second-order valence-electron chi connectivity index (χ2n) is 2.70. The van der Waals surface area contributed by atoms with Gasteiger partial charge in [0, 0.05) is 17.0 Å². The smallest absolute Gasteiger partial charge is 0.274 e. The van der Waals surface area contributed by atoms with Crippen molar-refractivity contribution < 1.29 is 9.66 Å². The molecule has 0 unspecified atom stereocenters. The third kappa shape index (κ3) is 3.60. The Labute approximate surface area is 95.5 Å². The lowest BCUT2D eigenvalue weighted by Gasteiger charge is -2.04. The minimum atomic E-state index is -0.473. The van der Waals surface area contributed by atoms with Crippen LogP contribution in [-0.2, 0) is 0 Å². The van der Waals surface area contributed by atoms with Crippen molar-refractivity contribution in [1.29, 1.82) is 0 Å². The summed E-state index contributed by atoms with van der Waals surface area (Å²) in [5.41, 5.74) is -0.0138. The predicted octanol–water partition coefficient (Wildman–Crippen LogP) is 2.76. The fourth-order valence-corrected chi connectivity index (χ4v) is 1.42. The number of benzene rings is 1. The molecule has 0 spiro atoms. The zero-order valence-electron chi connectivity index (χ0n) is 7.77. The Balaban J connectivity index is 2.80. The van der Waals surface area contributed by atoms with E-state index in [4.69, 9.17) is 11.2 Å². The number of non-ortho nitro benzene ring substituents is 1. The van der Waals surface area contributed by atoms with Gasteiger partial charge in [-0.25, -0.2) is 0 Å². The van der Waals surface area contributed by atoms with E-state index < -0.39 is 4.92 Å². The summed E-state index contributed by atoms with van der Waals surface area (Å²) in [6.45, 7) is 0.351. The van der Waals surface area contributed by atoms with Gasteiger partial charge in [0.05, 0.1) is 17.6 Å². The molecule has 1 aromatic rings. The molecule has 5 heteroatoms. The van der Waals surface area contributed by atoms with E-state index in [0.29, 0.717) is 23.2 Å². The Hall–Kier alpha value is -1.54. The first kappa shape index (κ1) is 11.5. The molecule has 0 aromatic heterocycles. The van der Waals surface area contributed by atoms with E-state index in [1.165, 1.54) is 12.1 Å². The normalized spacial score (nSPS) is 9.33. The highest BCUT2D eigenvalue weighted by molar-refractivity contribution is 9.10. The highest BCUT2D eigenvalue weighted by Crippen LogP contribution is 2.26. The zero-order valence-corrected chi connectivity index (χ0v) is 9.36. The maximum atomic E-state index is 10.5. The van der Waals surface area contributed by atoms with Gasteiger partial charge in [0.15, 0.2) is 0 Å². The van der Waals surface area contributed by atoms with Crippen LogP contribution in [0.2, 0.25) is 0 Å². The highest BCUT2D eigenvalue weighted by atomic mass is 79.9. The number of halogens is 1. The first-order valence-corrected chi connectivity index (χ1v) is 4.94. The first-order chi connectivity index (χ1) is 7.13. The summed E-state index contributed by atoms with van der Waals surface area (Å²) >= 11 is 3.17. The van der Waals surface area contributed by atoms with Gasteiger partial charge >= 0.3 is 0 Å². The molecular weight excluding hydrogens is 262 g/mol. The molecule has 1 aromatic carbocycles. The fraction of sp³-hybridized carbons (Fsp3) is 0.200. The SMILES string of the molecule is C#CCCOc1cc(Br)cc([N+](=O)[O-])c1. The summed E-state index contributed by atoms with van der Waals surface area (Å²) in [5.74, 6) is 2.86. The summed E-state index contributed by atoms with van der Waals surface area (Å²) in [6.07, 6.45) is 5.53. The standard InChI is InChI=1S/C10H8BrNO3/c1-2-3-4-15-10-6-8(11)5-9(7-10)12(13)14/h1,5-7H,3-4H2. The lowest BCUT2D eigenvalue weighted by atomic mass is 10.3. The quantitative estimate of drug-likeness (QED) is 0.366. The molecule has 0 aliphatic carbocycles. The highest BCUT2D eigenvalue weighted by Gasteiger charge is 2.08. The molecule has 0 amide bonds. The molecule has 4 nitrogen and oxygen atoms in total. The minimum Gasteiger partial charge on any atom is -0.492 e. The van der Waals surface area contributed by atoms with Crippen LogP contribution in [-0.4, -0.2) is 11.5 Å². The number of nitro benzene ring substituents is 1. The molecular formula is C10H8BrNO3. The molecule has 78 valence electrons. The van der Waals surface area contributed by atoms with Gasteiger partial charge in [0.25, 0.3) is 5.69 Å². The number of rotatable bonds is 4. The van der Waals surface area contributed by atoms with E-state index in [-0.39, 0.29) is 5.69 Å². The summed E-state index contributed by atoms with van der Waals surface area (Å²) in [6, 6.07) is 4.43. The van der Waals surface area contributed by atoms with E-state index in [2.05, 4.69) is 21.9 Å². The van der Waals surface area contributed by atoms with Crippen LogP contribution < -0.4 is 4.74 Å². The van der Waals surface area contributed by atoms with Gasteiger partial charge in [-0.3, -0.25) is 10.1 Å². The fourth-order valence-electron chi connectivity index (χ4n) is 0.964. The van der Waals surface area contributed by atoms with Crippen molar-refractivity contribution in [3.8, 4) is 18.1 Å². The van der Waals surface area contributed by atoms with Crippen LogP contribution in [0.25, 0.3) is 0 Å². The van der Waals surface area contributed by atoms with Gasteiger partial charge in [-0.1, -0.05) is 15.9 Å². The Bertz CT molecular complexity index is 412. The number of hydrogen-bond donors (Lipinski definition) is 0. The average Bonchev–Trinajstić information content (AvgIpc) is 2.17. The van der Waals surface area contributed by atoms with Crippen LogP contribution in [0, 0.1) is 22.5 Å². The average molecular weight is 270 g/mol. The number of ether oxygens (including phenoxy) is 1. The largest absolute Gasteiger partial charge is 0.492 e. The Morgan fingerprint density at radius 2 is 2.27 bits per heavy atom. The van der Waals surface area contributed by atoms with Crippen LogP contribution in [0.1, 0.15) is 6.42 Å². The van der Waals surface area contributed by atoms with Gasteiger partial charge in [0.1, 0.15) is 5.75 Å². The van der Waals surface area contributed by atoms with Crippen molar-refractivity contribution >= 4 is 21.6 Å². The van der Waals surface area contributed by atoms with Crippen LogP contribution in [0.3, 0.4) is 0 Å². The number of hydrogen-bond acceptors (Lipinski definition) is 3. The van der Waals surface area contributed by atoms with E-state index in [1.54, 1.807) is 6.07 Å². The van der Waals surface area contributed by atoms with E-state index in [0.717, 1.165) is 0 Å². The van der Waals surface area contributed by atoms with Crippen LogP contribution in [0.5, 0.6) is 5.75 Å². The van der Waals surface area contributed by atoms with Crippen molar-refractivity contribution in [2.45, 2.75) is 6.42 Å². The molecule has 0 aliphatic rings. The molecule has 0 aliphatic heterocycles. The second kappa shape index (κ2) is 5.37. The monoisotopic (exact) mass is 269 g/mol. The predicted molar refractivity (Wildman–Crippen MR) is 59.7 cm³/mol. The van der Waals surface area contributed by atoms with Crippen molar-refractivity contribution in [3.05, 3.63) is 32.8 Å². The third-order valence-electron chi connectivity index (χ3n) is 1.58. The van der Waals surface area contributed by atoms with Crippen molar-refractivity contribution in [2.24, 2.45) is 0 Å². The second-order valence-corrected chi connectivity index (χ2v) is 3.62. The molecule has 0 saturated carbocycles. The first-order valence-electron chi connectivity index (χ1n) is 4.14. The Morgan fingerprint density at radius 3 is 2.87 bits per heavy atom. The van der Waals surface area contributed by atoms with Crippen LogP contribution in [0.15, 0.2) is 22.7 Å². The molecule has 0 fully saturated rings. The minimum absolute atomic E-state index is 0.0138. The molecule has 0 heterocycles. The van der Waals surface area contributed by atoms with E-state index in [9.17, 15) is 10.1 Å². The molecule has 0 atom stereocenters. The van der Waals surface area contributed by atoms with Gasteiger partial charge in [-0.05, 0) is 6.07 Å². The maximum Gasteiger partial charge on any atom is 0.274 e. The van der Waals surface area contributed by atoms with Crippen molar-refractivity contribution in [3.63, 3.8) is 0 Å². The summed E-state index contributed by atoms with van der Waals surface area (Å²) in [7, 11) is 0. The summed E-state index contributed by atoms with van der Waals surface area (Å²) in [4.78, 5) is 10.1. The van der Waals surface area contributed by atoms with Gasteiger partial charge in [-0.15, -0.1) is 12.3 Å². The zero-order chi connectivity index (χ0) is 11.3. The topological polar surface area (TPSA) is 52.4 Å². The van der Waals surface area contributed by atoms with Crippen LogP contribution >= 0.6 is 15.9 Å². The van der Waals surface area contributed by atoms with Crippen molar-refractivity contribution in [2.75, 3.05) is 6.61 Å². The maximum absolute atomic E-state index is 10.5. The number of nitrogens with zero attached hydrogens (tertiary/aromatic N) is 1. The molecule has 0 saturated heterocycles. The van der Waals surface area contributed by atoms with E-state index >= 15 is 0 Å². The Morgan fingerprint density at radius 1 is 1.53 bits per heavy atom. The molecule has 0 bridgehead atoms. The lowest BCUT2D eigenvalue weighted by molar-refractivity contribution is -0.385. The van der Waals surface area contributed by atoms with E-state index in [1.807, 2.05) is 0 Å². The van der Waals surface area contributed by atoms with Gasteiger partial charge < -0.3 is 4.74 Å². The van der Waals surface area contributed by atoms with Crippen LogP contribution in [0.4, 0.5) is 5.69 Å². The number of terminal acetylenes is 1. The summed E-state index contributed by atoms with van der Waals surface area (Å²) < 4.78 is 5.85. The third-order valence-corrected chi connectivity index (χ3v) is 2.04. The van der Waals surface area contributed by atoms with Gasteiger partial charge in [0.2, 0.25) is 0 Å². The molecule has 1 rings (SSSR count). The Kier molecular flexibility index (Phi) is 4.13.